The summed E-state index contributed by atoms with van der Waals surface area (Å²) in [7, 11) is 0. The number of benzene rings is 9. The molecule has 9 heteroatoms. The third-order valence-electron chi connectivity index (χ3n) is 14.4. The summed E-state index contributed by atoms with van der Waals surface area (Å²) in [6.45, 7) is 0. The van der Waals surface area contributed by atoms with Crippen molar-refractivity contribution in [3.63, 3.8) is 0 Å². The van der Waals surface area contributed by atoms with Crippen LogP contribution in [0.4, 0.5) is 13.2 Å². The molecule has 6 nitrogen and oxygen atoms in total. The second-order valence-electron chi connectivity index (χ2n) is 18.5. The number of para-hydroxylation sites is 4. The Morgan fingerprint density at radius 3 is 1.32 bits per heavy atom. The van der Waals surface area contributed by atoms with Gasteiger partial charge in [0.2, 0.25) is 0 Å². The lowest BCUT2D eigenvalue weighted by Gasteiger charge is -2.19. The molecular weight excluding hydrogens is 910 g/mol. The van der Waals surface area contributed by atoms with Crippen LogP contribution in [0.25, 0.3) is 93.9 Å². The van der Waals surface area contributed by atoms with Crippen LogP contribution in [0, 0.1) is 0 Å². The molecule has 0 fully saturated rings. The summed E-state index contributed by atoms with van der Waals surface area (Å²) in [4.78, 5) is 10.3. The van der Waals surface area contributed by atoms with Crippen LogP contribution >= 0.6 is 0 Å². The van der Waals surface area contributed by atoms with Crippen LogP contribution in [-0.2, 0) is 0 Å². The molecule has 73 heavy (non-hydrogen) atoms. The van der Waals surface area contributed by atoms with E-state index >= 15 is 0 Å². The van der Waals surface area contributed by atoms with Gasteiger partial charge in [0.05, 0.1) is 38.7 Å². The number of hydrogen-bond acceptors (Lipinski definition) is 3. The van der Waals surface area contributed by atoms with Gasteiger partial charge < -0.3 is 19.0 Å². The molecule has 1 aliphatic heterocycles. The maximum Gasteiger partial charge on any atom is 0.416 e. The zero-order valence-corrected chi connectivity index (χ0v) is 39.0. The molecule has 1 aliphatic carbocycles. The predicted molar refractivity (Wildman–Crippen MR) is 293 cm³/mol. The van der Waals surface area contributed by atoms with Gasteiger partial charge in [0.25, 0.3) is 0 Å². The zero-order valence-electron chi connectivity index (χ0n) is 39.0. The number of halogens is 3. The van der Waals surface area contributed by atoms with Gasteiger partial charge in [0, 0.05) is 65.7 Å². The monoisotopic (exact) mass is 950 g/mol. The maximum absolute atomic E-state index is 14.0. The second kappa shape index (κ2) is 16.6. The number of amidine groups is 2. The Morgan fingerprint density at radius 2 is 0.836 bits per heavy atom. The summed E-state index contributed by atoms with van der Waals surface area (Å²) in [5, 5.41) is 11.9. The predicted octanol–water partition coefficient (Wildman–Crippen LogP) is 14.1. The third kappa shape index (κ3) is 6.95. The SMILES string of the molecule is FC(F)(F)C1=CCC(=c2ccc(-n3c4ccc(-n5c6ccccc6c6ccccc65)cc4c4cc(-n5c6ccccc6c6ccccc65)ccc43)cc2=C2N=C(c3ccccc3)N=C(c3ccccc3)N2)C=C1. The first kappa shape index (κ1) is 42.4. The Balaban J connectivity index is 1.06. The molecule has 4 heterocycles. The van der Waals surface area contributed by atoms with Crippen molar-refractivity contribution in [2.75, 3.05) is 0 Å². The van der Waals surface area contributed by atoms with Gasteiger partial charge >= 0.3 is 6.18 Å². The Bertz CT molecular complexity index is 4250. The van der Waals surface area contributed by atoms with Gasteiger partial charge in [-0.15, -0.1) is 0 Å². The summed E-state index contributed by atoms with van der Waals surface area (Å²) in [5.74, 6) is 1.65. The standard InChI is InChI=1S/C64H41F3N6/c65-64(66,67)43-29-27-40(28-30-43)47-34-31-44(39-54(47)63-69-61(41-15-3-1-4-16-41)68-62(70-63)42-17-5-2-6-18-42)73-59-35-32-45(71-55-23-11-7-19-48(55)49-20-8-12-24-56(49)71)37-52(59)53-38-46(33-36-60(53)73)72-57-25-13-9-21-50(57)51-22-10-14-26-58(51)72/h1-27,29-39H,28H2,(H,68,69,70). The van der Waals surface area contributed by atoms with Crippen molar-refractivity contribution in [1.29, 1.82) is 0 Å². The van der Waals surface area contributed by atoms with Crippen molar-refractivity contribution in [2.45, 2.75) is 12.6 Å². The number of nitrogens with zero attached hydrogens (tertiary/aromatic N) is 5. The Kier molecular flexibility index (Phi) is 9.63. The number of hydrogen-bond donors (Lipinski definition) is 1. The molecule has 3 aromatic heterocycles. The molecule has 2 aliphatic rings. The minimum absolute atomic E-state index is 0.0896. The van der Waals surface area contributed by atoms with Crippen LogP contribution < -0.4 is 15.8 Å². The fourth-order valence-electron chi connectivity index (χ4n) is 11.0. The molecule has 0 spiro atoms. The number of nitrogens with one attached hydrogen (secondary N) is 1. The molecule has 1 N–H and O–H groups in total. The second-order valence-corrected chi connectivity index (χ2v) is 18.5. The minimum atomic E-state index is -4.45. The van der Waals surface area contributed by atoms with E-state index in [1.807, 2.05) is 66.7 Å². The number of alkyl halides is 3. The maximum atomic E-state index is 14.0. The van der Waals surface area contributed by atoms with E-state index in [0.29, 0.717) is 17.5 Å². The van der Waals surface area contributed by atoms with Gasteiger partial charge in [-0.3, -0.25) is 0 Å². The van der Waals surface area contributed by atoms with E-state index in [9.17, 15) is 13.2 Å². The molecule has 0 saturated carbocycles. The van der Waals surface area contributed by atoms with Gasteiger partial charge in [0.1, 0.15) is 11.7 Å². The first-order valence-corrected chi connectivity index (χ1v) is 24.3. The summed E-state index contributed by atoms with van der Waals surface area (Å²) in [5.41, 5.74) is 11.2. The zero-order chi connectivity index (χ0) is 48.8. The first-order chi connectivity index (χ1) is 35.8. The van der Waals surface area contributed by atoms with Gasteiger partial charge in [-0.2, -0.15) is 13.2 Å². The van der Waals surface area contributed by atoms with Crippen molar-refractivity contribution >= 4 is 88.5 Å². The lowest BCUT2D eigenvalue weighted by Crippen LogP contribution is -2.38. The smallest absolute Gasteiger partial charge is 0.324 e. The molecule has 0 unspecified atom stereocenters. The lowest BCUT2D eigenvalue weighted by molar-refractivity contribution is -0.0884. The summed E-state index contributed by atoms with van der Waals surface area (Å²) >= 11 is 0. The molecular formula is C64H41F3N6. The molecule has 0 radical (unpaired) electrons. The van der Waals surface area contributed by atoms with Gasteiger partial charge in [-0.05, 0) is 90.0 Å². The van der Waals surface area contributed by atoms with Crippen LogP contribution in [-0.4, -0.2) is 31.5 Å². The number of aliphatic imine (C=N–C) groups is 2. The highest BCUT2D eigenvalue weighted by atomic mass is 19.4. The molecule has 12 aromatic rings. The van der Waals surface area contributed by atoms with Crippen molar-refractivity contribution in [3.8, 4) is 17.1 Å². The first-order valence-electron chi connectivity index (χ1n) is 24.3. The summed E-state index contributed by atoms with van der Waals surface area (Å²) in [6.07, 6.45) is -0.346. The van der Waals surface area contributed by atoms with E-state index in [1.54, 1.807) is 6.08 Å². The van der Waals surface area contributed by atoms with Crippen molar-refractivity contribution in [2.24, 2.45) is 9.98 Å². The Hall–Kier alpha value is -9.47. The molecule has 0 atom stereocenters. The molecule has 14 rings (SSSR count). The fraction of sp³-hybridized carbons (Fsp3) is 0.0312. The summed E-state index contributed by atoms with van der Waals surface area (Å²) in [6, 6.07) is 73.6. The lowest BCUT2D eigenvalue weighted by atomic mass is 9.98. The van der Waals surface area contributed by atoms with Crippen molar-refractivity contribution in [3.05, 3.63) is 258 Å². The fourth-order valence-corrected chi connectivity index (χ4v) is 11.0. The average Bonchev–Trinajstić information content (AvgIpc) is 4.08. The molecule has 0 amide bonds. The minimum Gasteiger partial charge on any atom is -0.324 e. The molecule has 348 valence electrons. The highest BCUT2D eigenvalue weighted by Gasteiger charge is 2.32. The molecule has 9 aromatic carbocycles. The van der Waals surface area contributed by atoms with E-state index in [0.717, 1.165) is 88.1 Å². The third-order valence-corrected chi connectivity index (χ3v) is 14.4. The average molecular weight is 951 g/mol. The van der Waals surface area contributed by atoms with E-state index in [4.69, 9.17) is 9.98 Å². The van der Waals surface area contributed by atoms with E-state index < -0.39 is 11.7 Å². The highest BCUT2D eigenvalue weighted by molar-refractivity contribution is 6.17. The normalized spacial score (nSPS) is 15.6. The highest BCUT2D eigenvalue weighted by Crippen LogP contribution is 2.40. The Morgan fingerprint density at radius 1 is 0.397 bits per heavy atom. The van der Waals surface area contributed by atoms with Gasteiger partial charge in [0.15, 0.2) is 5.84 Å². The molecule has 0 saturated heterocycles. The molecule has 0 bridgehead atoms. The number of allylic oxidation sites excluding steroid dienone is 4. The Labute approximate surface area is 416 Å². The largest absolute Gasteiger partial charge is 0.416 e. The number of rotatable bonds is 5. The van der Waals surface area contributed by atoms with Crippen LogP contribution in [0.5, 0.6) is 0 Å². The van der Waals surface area contributed by atoms with Crippen LogP contribution in [0.15, 0.2) is 246 Å². The van der Waals surface area contributed by atoms with Crippen LogP contribution in [0.1, 0.15) is 17.5 Å². The van der Waals surface area contributed by atoms with Crippen LogP contribution in [0.2, 0.25) is 0 Å². The van der Waals surface area contributed by atoms with E-state index in [-0.39, 0.29) is 6.42 Å². The quantitative estimate of drug-likeness (QED) is 0.184. The van der Waals surface area contributed by atoms with Crippen molar-refractivity contribution < 1.29 is 13.2 Å². The van der Waals surface area contributed by atoms with E-state index in [2.05, 4.69) is 165 Å². The van der Waals surface area contributed by atoms with Gasteiger partial charge in [-0.1, -0.05) is 158 Å². The topological polar surface area (TPSA) is 51.5 Å². The van der Waals surface area contributed by atoms with E-state index in [1.165, 1.54) is 33.7 Å². The van der Waals surface area contributed by atoms with Crippen LogP contribution in [0.3, 0.4) is 0 Å². The number of aromatic nitrogens is 3. The van der Waals surface area contributed by atoms with Gasteiger partial charge in [-0.25, -0.2) is 9.98 Å². The number of fused-ring (bicyclic) bond motifs is 9. The summed E-state index contributed by atoms with van der Waals surface area (Å²) < 4.78 is 49.1. The van der Waals surface area contributed by atoms with Crippen molar-refractivity contribution in [1.82, 2.24) is 19.0 Å².